The van der Waals surface area contributed by atoms with Gasteiger partial charge in [-0.1, -0.05) is 0 Å². The molecule has 1 heterocycles. The smallest absolute Gasteiger partial charge is 0.0338 e. The van der Waals surface area contributed by atoms with E-state index in [1.165, 1.54) is 38.8 Å². The zero-order valence-corrected chi connectivity index (χ0v) is 6.92. The molecule has 1 aliphatic carbocycles. The van der Waals surface area contributed by atoms with Gasteiger partial charge in [-0.25, -0.2) is 0 Å². The Morgan fingerprint density at radius 2 is 2.09 bits per heavy atom. The molecule has 1 saturated carbocycles. The van der Waals surface area contributed by atoms with E-state index in [-0.39, 0.29) is 0 Å². The van der Waals surface area contributed by atoms with Crippen LogP contribution >= 0.6 is 0 Å². The van der Waals surface area contributed by atoms with E-state index in [4.69, 9.17) is 5.84 Å². The third kappa shape index (κ3) is 1.72. The van der Waals surface area contributed by atoms with Gasteiger partial charge in [-0.15, -0.1) is 0 Å². The molecule has 3 N–H and O–H groups in total. The summed E-state index contributed by atoms with van der Waals surface area (Å²) in [5.74, 6) is 5.41. The van der Waals surface area contributed by atoms with Gasteiger partial charge in [0.1, 0.15) is 0 Å². The first-order valence-electron chi connectivity index (χ1n) is 4.60. The number of nitrogens with two attached hydrogens (primary N) is 1. The fourth-order valence-electron chi connectivity index (χ4n) is 1.91. The van der Waals surface area contributed by atoms with E-state index in [0.29, 0.717) is 6.04 Å². The highest BCUT2D eigenvalue weighted by Crippen LogP contribution is 2.28. The summed E-state index contributed by atoms with van der Waals surface area (Å²) in [6.45, 7) is 2.46. The van der Waals surface area contributed by atoms with Crippen LogP contribution in [0.1, 0.15) is 25.7 Å². The molecule has 2 fully saturated rings. The van der Waals surface area contributed by atoms with Gasteiger partial charge in [-0.2, -0.15) is 0 Å². The number of hydrazine groups is 1. The molecular weight excluding hydrogens is 138 g/mol. The van der Waals surface area contributed by atoms with Crippen molar-refractivity contribution in [3.63, 3.8) is 0 Å². The molecule has 11 heavy (non-hydrogen) atoms. The average Bonchev–Trinajstić information content (AvgIpc) is 2.87. The lowest BCUT2D eigenvalue weighted by Gasteiger charge is -2.32. The Morgan fingerprint density at radius 1 is 1.27 bits per heavy atom. The van der Waals surface area contributed by atoms with Gasteiger partial charge >= 0.3 is 0 Å². The van der Waals surface area contributed by atoms with Crippen LogP contribution in [0.4, 0.5) is 0 Å². The molecule has 3 heteroatoms. The van der Waals surface area contributed by atoms with Gasteiger partial charge in [0.25, 0.3) is 0 Å². The lowest BCUT2D eigenvalue weighted by atomic mass is 10.1. The number of likely N-dealkylation sites (tertiary alicyclic amines) is 1. The molecular formula is C8H17N3. The minimum atomic E-state index is 0.546. The standard InChI is InChI=1S/C8H17N3/c9-10-7-2-1-5-11(6-7)8-3-4-8/h7-8,10H,1-6,9H2. The Morgan fingerprint density at radius 3 is 2.73 bits per heavy atom. The molecule has 2 aliphatic rings. The maximum atomic E-state index is 5.41. The third-order valence-electron chi connectivity index (χ3n) is 2.75. The molecule has 1 atom stereocenters. The SMILES string of the molecule is NNC1CCCN(C2CC2)C1. The second kappa shape index (κ2) is 3.09. The van der Waals surface area contributed by atoms with Gasteiger partial charge < -0.3 is 0 Å². The fraction of sp³-hybridized carbons (Fsp3) is 1.00. The Bertz CT molecular complexity index is 133. The van der Waals surface area contributed by atoms with E-state index in [9.17, 15) is 0 Å². The number of nitrogens with zero attached hydrogens (tertiary/aromatic N) is 1. The lowest BCUT2D eigenvalue weighted by molar-refractivity contribution is 0.183. The zero-order valence-electron chi connectivity index (χ0n) is 6.92. The first-order valence-corrected chi connectivity index (χ1v) is 4.60. The molecule has 0 aromatic carbocycles. The molecule has 0 radical (unpaired) electrons. The van der Waals surface area contributed by atoms with Gasteiger partial charge in [0.15, 0.2) is 0 Å². The predicted molar refractivity (Wildman–Crippen MR) is 44.9 cm³/mol. The highest BCUT2D eigenvalue weighted by Gasteiger charge is 2.31. The summed E-state index contributed by atoms with van der Waals surface area (Å²) in [7, 11) is 0. The van der Waals surface area contributed by atoms with Crippen LogP contribution in [-0.2, 0) is 0 Å². The Balaban J connectivity index is 1.82. The van der Waals surface area contributed by atoms with Gasteiger partial charge in [-0.3, -0.25) is 16.2 Å². The molecule has 0 spiro atoms. The number of nitrogens with one attached hydrogen (secondary N) is 1. The van der Waals surface area contributed by atoms with E-state index >= 15 is 0 Å². The maximum absolute atomic E-state index is 5.41. The number of piperidine rings is 1. The summed E-state index contributed by atoms with van der Waals surface area (Å²) in [5.41, 5.74) is 2.87. The molecule has 0 bridgehead atoms. The van der Waals surface area contributed by atoms with Crippen LogP contribution in [0.3, 0.4) is 0 Å². The van der Waals surface area contributed by atoms with E-state index in [0.717, 1.165) is 6.04 Å². The van der Waals surface area contributed by atoms with E-state index in [2.05, 4.69) is 10.3 Å². The topological polar surface area (TPSA) is 41.3 Å². The zero-order chi connectivity index (χ0) is 7.68. The van der Waals surface area contributed by atoms with Crippen LogP contribution in [0.5, 0.6) is 0 Å². The molecule has 0 amide bonds. The van der Waals surface area contributed by atoms with Gasteiger partial charge in [0.05, 0.1) is 0 Å². The monoisotopic (exact) mass is 155 g/mol. The van der Waals surface area contributed by atoms with Crippen molar-refractivity contribution >= 4 is 0 Å². The Hall–Kier alpha value is -0.120. The van der Waals surface area contributed by atoms with Crippen LogP contribution < -0.4 is 11.3 Å². The van der Waals surface area contributed by atoms with Crippen molar-refractivity contribution in [3.8, 4) is 0 Å². The summed E-state index contributed by atoms with van der Waals surface area (Å²) >= 11 is 0. The van der Waals surface area contributed by atoms with Crippen LogP contribution in [0, 0.1) is 0 Å². The summed E-state index contributed by atoms with van der Waals surface area (Å²) in [6.07, 6.45) is 5.39. The Kier molecular flexibility index (Phi) is 2.11. The normalized spacial score (nSPS) is 34.1. The van der Waals surface area contributed by atoms with Crippen LogP contribution in [0.2, 0.25) is 0 Å². The quantitative estimate of drug-likeness (QED) is 0.438. The molecule has 64 valence electrons. The molecule has 1 unspecified atom stereocenters. The van der Waals surface area contributed by atoms with Crippen molar-refractivity contribution < 1.29 is 0 Å². The van der Waals surface area contributed by atoms with Crippen molar-refractivity contribution in [2.75, 3.05) is 13.1 Å². The minimum absolute atomic E-state index is 0.546. The van der Waals surface area contributed by atoms with E-state index < -0.39 is 0 Å². The van der Waals surface area contributed by atoms with E-state index in [1.54, 1.807) is 0 Å². The maximum Gasteiger partial charge on any atom is 0.0338 e. The van der Waals surface area contributed by atoms with Crippen LogP contribution in [-0.4, -0.2) is 30.1 Å². The van der Waals surface area contributed by atoms with Gasteiger partial charge in [0, 0.05) is 18.6 Å². The number of rotatable bonds is 2. The minimum Gasteiger partial charge on any atom is -0.299 e. The molecule has 0 aromatic rings. The molecule has 2 rings (SSSR count). The highest BCUT2D eigenvalue weighted by molar-refractivity contribution is 4.89. The Labute approximate surface area is 67.9 Å². The summed E-state index contributed by atoms with van der Waals surface area (Å²) in [6, 6.07) is 1.45. The highest BCUT2D eigenvalue weighted by atomic mass is 15.3. The third-order valence-corrected chi connectivity index (χ3v) is 2.75. The average molecular weight is 155 g/mol. The van der Waals surface area contributed by atoms with Crippen molar-refractivity contribution in [1.29, 1.82) is 0 Å². The summed E-state index contributed by atoms with van der Waals surface area (Å²) in [4.78, 5) is 2.58. The fourth-order valence-corrected chi connectivity index (χ4v) is 1.91. The van der Waals surface area contributed by atoms with Crippen molar-refractivity contribution in [3.05, 3.63) is 0 Å². The van der Waals surface area contributed by atoms with Crippen molar-refractivity contribution in [1.82, 2.24) is 10.3 Å². The molecule has 1 saturated heterocycles. The van der Waals surface area contributed by atoms with Gasteiger partial charge in [-0.05, 0) is 32.2 Å². The van der Waals surface area contributed by atoms with E-state index in [1.807, 2.05) is 0 Å². The van der Waals surface area contributed by atoms with Crippen LogP contribution in [0.25, 0.3) is 0 Å². The lowest BCUT2D eigenvalue weighted by Crippen LogP contribution is -2.48. The van der Waals surface area contributed by atoms with Crippen LogP contribution in [0.15, 0.2) is 0 Å². The molecule has 0 aromatic heterocycles. The van der Waals surface area contributed by atoms with Gasteiger partial charge in [0.2, 0.25) is 0 Å². The largest absolute Gasteiger partial charge is 0.299 e. The molecule has 3 nitrogen and oxygen atoms in total. The first-order chi connectivity index (χ1) is 5.40. The number of hydrogen-bond acceptors (Lipinski definition) is 3. The number of hydrogen-bond donors (Lipinski definition) is 2. The second-order valence-corrected chi connectivity index (χ2v) is 3.73. The summed E-state index contributed by atoms with van der Waals surface area (Å²) in [5, 5.41) is 0. The second-order valence-electron chi connectivity index (χ2n) is 3.73. The van der Waals surface area contributed by atoms with Crippen molar-refractivity contribution in [2.45, 2.75) is 37.8 Å². The first kappa shape index (κ1) is 7.53. The predicted octanol–water partition coefficient (Wildman–Crippen LogP) is 0.0765. The molecule has 1 aliphatic heterocycles. The summed E-state index contributed by atoms with van der Waals surface area (Å²) < 4.78 is 0. The van der Waals surface area contributed by atoms with Crippen molar-refractivity contribution in [2.24, 2.45) is 5.84 Å².